The summed E-state index contributed by atoms with van der Waals surface area (Å²) in [7, 11) is 0. The van der Waals surface area contributed by atoms with E-state index in [4.69, 9.17) is 15.9 Å². The van der Waals surface area contributed by atoms with Crippen molar-refractivity contribution >= 4 is 47.5 Å². The highest BCUT2D eigenvalue weighted by Gasteiger charge is 2.13. The van der Waals surface area contributed by atoms with Crippen molar-refractivity contribution in [2.45, 2.75) is 39.8 Å². The number of aliphatic imine (C=N–C) groups is 2. The monoisotopic (exact) mass is 450 g/mol. The largest absolute Gasteiger partial charge is 0.507 e. The highest BCUT2D eigenvalue weighted by Crippen LogP contribution is 2.34. The molecule has 0 fully saturated rings. The topological polar surface area (TPSA) is 110 Å². The molecule has 30 heavy (non-hydrogen) atoms. The quantitative estimate of drug-likeness (QED) is 0.379. The van der Waals surface area contributed by atoms with Gasteiger partial charge in [0.1, 0.15) is 28.8 Å². The fourth-order valence-corrected chi connectivity index (χ4v) is 2.93. The first-order valence-corrected chi connectivity index (χ1v) is 9.29. The molecule has 3 rings (SSSR count). The zero-order valence-electron chi connectivity index (χ0n) is 17.4. The Morgan fingerprint density at radius 2 is 1.37 bits per heavy atom. The lowest BCUT2D eigenvalue weighted by Gasteiger charge is -2.06. The van der Waals surface area contributed by atoms with E-state index in [0.29, 0.717) is 34.1 Å². The predicted molar refractivity (Wildman–Crippen MR) is 130 cm³/mol. The van der Waals surface area contributed by atoms with Crippen LogP contribution in [0.25, 0.3) is 22.3 Å². The van der Waals surface area contributed by atoms with Crippen molar-refractivity contribution in [2.24, 2.45) is 21.5 Å². The van der Waals surface area contributed by atoms with Gasteiger partial charge in [0, 0.05) is 28.6 Å². The number of amidine groups is 2. The highest BCUT2D eigenvalue weighted by molar-refractivity contribution is 6.01. The molecule has 3 aromatic rings. The fourth-order valence-electron chi connectivity index (χ4n) is 2.93. The summed E-state index contributed by atoms with van der Waals surface area (Å²) in [5.41, 5.74) is 14.8. The zero-order valence-corrected chi connectivity index (χ0v) is 19.1. The van der Waals surface area contributed by atoms with Crippen molar-refractivity contribution in [3.63, 3.8) is 0 Å². The summed E-state index contributed by atoms with van der Waals surface area (Å²) in [5.74, 6) is 1.52. The van der Waals surface area contributed by atoms with Gasteiger partial charge in [-0.05, 0) is 52.0 Å². The van der Waals surface area contributed by atoms with Gasteiger partial charge in [-0.3, -0.25) is 9.98 Å². The molecule has 0 atom stereocenters. The molecular formula is C22H28Cl2N4O2. The second-order valence-electron chi connectivity index (χ2n) is 7.31. The zero-order chi connectivity index (χ0) is 20.4. The van der Waals surface area contributed by atoms with Crippen molar-refractivity contribution in [2.75, 3.05) is 0 Å². The molecule has 162 valence electrons. The standard InChI is InChI=1S/C22H26N4O2.2ClH/c1-12(2)25-21(23)15-7-8-17(18(27)9-15)20-10-14-5-6-16(11-19(14)28-20)22(24)26-13(3)4;;/h5-13,27H,1-4H3,(H2,23,25)(H2,24,26);2*1H. The Morgan fingerprint density at radius 3 is 1.90 bits per heavy atom. The summed E-state index contributed by atoms with van der Waals surface area (Å²) in [6.45, 7) is 7.84. The molecule has 0 amide bonds. The van der Waals surface area contributed by atoms with Crippen LogP contribution < -0.4 is 11.5 Å². The number of furan rings is 1. The smallest absolute Gasteiger partial charge is 0.139 e. The lowest BCUT2D eigenvalue weighted by molar-refractivity contribution is 0.474. The van der Waals surface area contributed by atoms with Crippen molar-refractivity contribution in [3.8, 4) is 17.1 Å². The van der Waals surface area contributed by atoms with Crippen LogP contribution in [0.4, 0.5) is 0 Å². The van der Waals surface area contributed by atoms with Gasteiger partial charge in [0.15, 0.2) is 0 Å². The van der Waals surface area contributed by atoms with Crippen LogP contribution in [0.2, 0.25) is 0 Å². The van der Waals surface area contributed by atoms with Crippen molar-refractivity contribution in [3.05, 3.63) is 53.6 Å². The number of rotatable bonds is 5. The van der Waals surface area contributed by atoms with Crippen molar-refractivity contribution in [1.29, 1.82) is 0 Å². The molecule has 0 saturated carbocycles. The normalized spacial score (nSPS) is 12.2. The lowest BCUT2D eigenvalue weighted by Crippen LogP contribution is -2.15. The Morgan fingerprint density at radius 1 is 0.833 bits per heavy atom. The van der Waals surface area contributed by atoms with E-state index in [1.54, 1.807) is 12.1 Å². The maximum atomic E-state index is 10.5. The number of nitrogens with zero attached hydrogens (tertiary/aromatic N) is 2. The second-order valence-corrected chi connectivity index (χ2v) is 7.31. The third-order valence-electron chi connectivity index (χ3n) is 4.17. The number of phenols is 1. The second kappa shape index (κ2) is 10.4. The van der Waals surface area contributed by atoms with E-state index in [1.807, 2.05) is 58.0 Å². The number of benzene rings is 2. The number of aromatic hydroxyl groups is 1. The number of hydrogen-bond donors (Lipinski definition) is 3. The van der Waals surface area contributed by atoms with E-state index in [0.717, 1.165) is 10.9 Å². The maximum Gasteiger partial charge on any atom is 0.139 e. The van der Waals surface area contributed by atoms with Crippen LogP contribution in [0.5, 0.6) is 5.75 Å². The maximum absolute atomic E-state index is 10.5. The van der Waals surface area contributed by atoms with Crippen LogP contribution in [-0.4, -0.2) is 28.9 Å². The van der Waals surface area contributed by atoms with Crippen LogP contribution in [-0.2, 0) is 0 Å². The van der Waals surface area contributed by atoms with Gasteiger partial charge < -0.3 is 21.0 Å². The Balaban J connectivity index is 0.00000225. The predicted octanol–water partition coefficient (Wildman–Crippen LogP) is 4.88. The van der Waals surface area contributed by atoms with Gasteiger partial charge in [0.05, 0.1) is 5.56 Å². The van der Waals surface area contributed by atoms with Gasteiger partial charge >= 0.3 is 0 Å². The molecule has 0 saturated heterocycles. The molecule has 0 aliphatic heterocycles. The Kier molecular flexibility index (Phi) is 8.75. The number of fused-ring (bicyclic) bond motifs is 1. The molecule has 0 spiro atoms. The Labute approximate surface area is 188 Å². The minimum Gasteiger partial charge on any atom is -0.507 e. The Hall–Kier alpha value is -2.70. The molecule has 0 aliphatic rings. The van der Waals surface area contributed by atoms with Gasteiger partial charge in [0.25, 0.3) is 0 Å². The summed E-state index contributed by atoms with van der Waals surface area (Å²) in [6, 6.07) is 13.0. The van der Waals surface area contributed by atoms with E-state index < -0.39 is 0 Å². The Bertz CT molecular complexity index is 1070. The minimum atomic E-state index is 0. The number of halogens is 2. The van der Waals surface area contributed by atoms with Crippen LogP contribution in [0.15, 0.2) is 56.9 Å². The number of nitrogens with two attached hydrogens (primary N) is 2. The molecule has 0 aliphatic carbocycles. The number of phenolic OH excluding ortho intramolecular Hbond substituents is 1. The summed E-state index contributed by atoms with van der Waals surface area (Å²) in [6.07, 6.45) is 0. The molecule has 1 heterocycles. The summed E-state index contributed by atoms with van der Waals surface area (Å²) in [5, 5.41) is 11.4. The number of hydrogen-bond acceptors (Lipinski definition) is 4. The van der Waals surface area contributed by atoms with Gasteiger partial charge in [0.2, 0.25) is 0 Å². The van der Waals surface area contributed by atoms with Crippen molar-refractivity contribution < 1.29 is 9.52 Å². The van der Waals surface area contributed by atoms with Crippen molar-refractivity contribution in [1.82, 2.24) is 0 Å². The molecule has 1 aromatic heterocycles. The van der Waals surface area contributed by atoms with Gasteiger partial charge in [-0.25, -0.2) is 0 Å². The first kappa shape index (κ1) is 25.3. The summed E-state index contributed by atoms with van der Waals surface area (Å²) in [4.78, 5) is 8.68. The first-order valence-electron chi connectivity index (χ1n) is 9.29. The van der Waals surface area contributed by atoms with Gasteiger partial charge in [-0.1, -0.05) is 18.2 Å². The van der Waals surface area contributed by atoms with Crippen LogP contribution in [0.1, 0.15) is 38.8 Å². The van der Waals surface area contributed by atoms with Crippen LogP contribution in [0.3, 0.4) is 0 Å². The minimum absolute atomic E-state index is 0. The third kappa shape index (κ3) is 5.68. The van der Waals surface area contributed by atoms with Gasteiger partial charge in [-0.15, -0.1) is 24.8 Å². The average Bonchev–Trinajstić information content (AvgIpc) is 3.03. The average molecular weight is 451 g/mol. The molecule has 0 bridgehead atoms. The lowest BCUT2D eigenvalue weighted by atomic mass is 10.1. The first-order chi connectivity index (χ1) is 13.2. The van der Waals surface area contributed by atoms with E-state index in [2.05, 4.69) is 9.98 Å². The molecule has 2 aromatic carbocycles. The third-order valence-corrected chi connectivity index (χ3v) is 4.17. The van der Waals surface area contributed by atoms with E-state index in [1.165, 1.54) is 0 Å². The van der Waals surface area contributed by atoms with E-state index in [-0.39, 0.29) is 42.6 Å². The summed E-state index contributed by atoms with van der Waals surface area (Å²) < 4.78 is 5.96. The highest BCUT2D eigenvalue weighted by atomic mass is 35.5. The molecule has 0 radical (unpaired) electrons. The van der Waals surface area contributed by atoms with E-state index in [9.17, 15) is 5.11 Å². The van der Waals surface area contributed by atoms with Gasteiger partial charge in [-0.2, -0.15) is 0 Å². The molecular weight excluding hydrogens is 423 g/mol. The molecule has 8 heteroatoms. The molecule has 5 N–H and O–H groups in total. The molecule has 6 nitrogen and oxygen atoms in total. The van der Waals surface area contributed by atoms with Crippen LogP contribution in [0, 0.1) is 0 Å². The van der Waals surface area contributed by atoms with Crippen LogP contribution >= 0.6 is 24.8 Å². The molecule has 0 unspecified atom stereocenters. The SMILES string of the molecule is CC(C)N=C(N)c1ccc(-c2cc3ccc(C(N)=NC(C)C)cc3o2)c(O)c1.Cl.Cl. The van der Waals surface area contributed by atoms with E-state index >= 15 is 0 Å². The summed E-state index contributed by atoms with van der Waals surface area (Å²) >= 11 is 0. The fraction of sp³-hybridized carbons (Fsp3) is 0.273.